The average Bonchev–Trinajstić information content (AvgIpc) is 3.37. The molecule has 0 saturated carbocycles. The van der Waals surface area contributed by atoms with E-state index in [1.165, 1.54) is 54.9 Å². The van der Waals surface area contributed by atoms with Gasteiger partial charge in [0.15, 0.2) is 0 Å². The van der Waals surface area contributed by atoms with Crippen LogP contribution in [0.25, 0.3) is 88.3 Å². The number of rotatable bonds is 9. The maximum atomic E-state index is 2.49. The van der Waals surface area contributed by atoms with E-state index in [1.54, 1.807) is 0 Å². The Morgan fingerprint density at radius 2 is 0.619 bits per heavy atom. The summed E-state index contributed by atoms with van der Waals surface area (Å²) in [5.74, 6) is 0. The Labute approximate surface area is 369 Å². The summed E-state index contributed by atoms with van der Waals surface area (Å²) in [6, 6.07) is 94.8. The zero-order valence-electron chi connectivity index (χ0n) is 34.8. The Balaban J connectivity index is 1.20. The van der Waals surface area contributed by atoms with Gasteiger partial charge in [-0.2, -0.15) is 0 Å². The van der Waals surface area contributed by atoms with Gasteiger partial charge >= 0.3 is 0 Å². The van der Waals surface area contributed by atoms with Crippen LogP contribution in [0.4, 0.5) is 17.1 Å². The van der Waals surface area contributed by atoms with E-state index in [9.17, 15) is 0 Å². The summed E-state index contributed by atoms with van der Waals surface area (Å²) < 4.78 is 0. The normalized spacial score (nSPS) is 11.2. The van der Waals surface area contributed by atoms with Crippen LogP contribution in [0, 0.1) is 0 Å². The maximum Gasteiger partial charge on any atom is 0.0618 e. The average molecular weight is 802 g/mol. The van der Waals surface area contributed by atoms with E-state index in [1.807, 2.05) is 0 Å². The fraction of sp³-hybridized carbons (Fsp3) is 0. The van der Waals surface area contributed by atoms with Crippen LogP contribution in [-0.4, -0.2) is 0 Å². The fourth-order valence-corrected chi connectivity index (χ4v) is 9.39. The molecule has 63 heavy (non-hydrogen) atoms. The zero-order chi connectivity index (χ0) is 42.0. The van der Waals surface area contributed by atoms with Gasteiger partial charge in [-0.1, -0.05) is 237 Å². The molecule has 0 spiro atoms. The molecular weight excluding hydrogens is 759 g/mol. The molecule has 1 nitrogen and oxygen atoms in total. The molecule has 0 unspecified atom stereocenters. The SMILES string of the molecule is c1ccc(-c2ccc(N(c3ccccc3-c3ccc4c(c3)c(-c3ccccc3)c(-c3ccccc3)c3ccccc34)c3c(-c4ccccc4)cccc3-c3ccccc3)cc2)cc1. The maximum absolute atomic E-state index is 2.49. The van der Waals surface area contributed by atoms with Crippen LogP contribution < -0.4 is 4.90 Å². The van der Waals surface area contributed by atoms with Crippen molar-refractivity contribution in [3.05, 3.63) is 261 Å². The molecule has 0 saturated heterocycles. The fourth-order valence-electron chi connectivity index (χ4n) is 9.39. The summed E-state index contributed by atoms with van der Waals surface area (Å²) in [5.41, 5.74) is 17.5. The second-order valence-corrected chi connectivity index (χ2v) is 16.0. The van der Waals surface area contributed by atoms with Crippen LogP contribution in [-0.2, 0) is 0 Å². The van der Waals surface area contributed by atoms with Crippen LogP contribution in [0.2, 0.25) is 0 Å². The lowest BCUT2D eigenvalue weighted by molar-refractivity contribution is 1.28. The Morgan fingerprint density at radius 1 is 0.222 bits per heavy atom. The van der Waals surface area contributed by atoms with Crippen LogP contribution in [0.15, 0.2) is 261 Å². The highest BCUT2D eigenvalue weighted by Gasteiger charge is 2.25. The van der Waals surface area contributed by atoms with Gasteiger partial charge in [-0.25, -0.2) is 0 Å². The van der Waals surface area contributed by atoms with E-state index in [4.69, 9.17) is 0 Å². The van der Waals surface area contributed by atoms with E-state index in [0.29, 0.717) is 0 Å². The molecule has 0 amide bonds. The van der Waals surface area contributed by atoms with Crippen molar-refractivity contribution < 1.29 is 0 Å². The van der Waals surface area contributed by atoms with E-state index in [-0.39, 0.29) is 0 Å². The van der Waals surface area contributed by atoms with Gasteiger partial charge in [-0.15, -0.1) is 0 Å². The van der Waals surface area contributed by atoms with Crippen LogP contribution in [0.5, 0.6) is 0 Å². The van der Waals surface area contributed by atoms with Crippen molar-refractivity contribution in [2.75, 3.05) is 4.90 Å². The Hall–Kier alpha value is -8.26. The highest BCUT2D eigenvalue weighted by Crippen LogP contribution is 2.51. The van der Waals surface area contributed by atoms with Crippen LogP contribution in [0.3, 0.4) is 0 Å². The van der Waals surface area contributed by atoms with Gasteiger partial charge < -0.3 is 4.90 Å². The second kappa shape index (κ2) is 16.7. The predicted octanol–water partition coefficient (Wildman–Crippen LogP) is 17.5. The minimum atomic E-state index is 1.07. The lowest BCUT2D eigenvalue weighted by Crippen LogP contribution is -2.14. The summed E-state index contributed by atoms with van der Waals surface area (Å²) in [5, 5.41) is 4.95. The minimum Gasteiger partial charge on any atom is -0.309 e. The number of benzene rings is 11. The Morgan fingerprint density at radius 3 is 1.19 bits per heavy atom. The highest BCUT2D eigenvalue weighted by molar-refractivity contribution is 6.22. The van der Waals surface area contributed by atoms with Crippen LogP contribution >= 0.6 is 0 Å². The van der Waals surface area contributed by atoms with E-state index in [2.05, 4.69) is 266 Å². The molecule has 0 aliphatic heterocycles. The van der Waals surface area contributed by atoms with Crippen molar-refractivity contribution in [3.63, 3.8) is 0 Å². The summed E-state index contributed by atoms with van der Waals surface area (Å²) in [7, 11) is 0. The van der Waals surface area contributed by atoms with Crippen molar-refractivity contribution in [2.24, 2.45) is 0 Å². The summed E-state index contributed by atoms with van der Waals surface area (Å²) in [4.78, 5) is 2.49. The lowest BCUT2D eigenvalue weighted by atomic mass is 9.84. The molecule has 0 atom stereocenters. The smallest absolute Gasteiger partial charge is 0.0618 e. The molecule has 296 valence electrons. The number of nitrogens with zero attached hydrogens (tertiary/aromatic N) is 1. The van der Waals surface area contributed by atoms with Crippen LogP contribution in [0.1, 0.15) is 0 Å². The van der Waals surface area contributed by atoms with Crippen molar-refractivity contribution in [1.82, 2.24) is 0 Å². The molecule has 0 aliphatic rings. The molecular formula is C62H43N. The van der Waals surface area contributed by atoms with Gasteiger partial charge in [0, 0.05) is 22.4 Å². The molecule has 0 aliphatic carbocycles. The molecule has 11 aromatic rings. The first-order chi connectivity index (χ1) is 31.3. The third-order valence-electron chi connectivity index (χ3n) is 12.3. The predicted molar refractivity (Wildman–Crippen MR) is 269 cm³/mol. The largest absolute Gasteiger partial charge is 0.309 e. The summed E-state index contributed by atoms with van der Waals surface area (Å²) in [6.45, 7) is 0. The standard InChI is InChI=1S/C62H43N/c1-6-21-44(22-7-1)45-37-40-51(41-38-45)63(62-53(46-23-8-2-9-24-46)34-20-35-54(62)47-25-10-3-11-26-47)59-36-19-18-31-52(59)50-39-42-56-55-32-16-17-33-57(55)60(48-27-12-4-13-28-48)61(58(56)43-50)49-29-14-5-15-30-49/h1-43H. The number of hydrogen-bond acceptors (Lipinski definition) is 1. The molecule has 1 heteroatoms. The molecule has 11 rings (SSSR count). The first-order valence-electron chi connectivity index (χ1n) is 21.7. The molecule has 0 radical (unpaired) electrons. The molecule has 0 N–H and O–H groups in total. The van der Waals surface area contributed by atoms with Crippen molar-refractivity contribution in [3.8, 4) is 66.8 Å². The molecule has 0 aromatic heterocycles. The van der Waals surface area contributed by atoms with Gasteiger partial charge in [0.2, 0.25) is 0 Å². The van der Waals surface area contributed by atoms with Crippen molar-refractivity contribution in [2.45, 2.75) is 0 Å². The van der Waals surface area contributed by atoms with Gasteiger partial charge in [0.1, 0.15) is 0 Å². The van der Waals surface area contributed by atoms with Gasteiger partial charge in [-0.3, -0.25) is 0 Å². The second-order valence-electron chi connectivity index (χ2n) is 16.0. The van der Waals surface area contributed by atoms with E-state index < -0.39 is 0 Å². The minimum absolute atomic E-state index is 1.07. The highest BCUT2D eigenvalue weighted by atomic mass is 15.1. The first-order valence-corrected chi connectivity index (χ1v) is 21.7. The van der Waals surface area contributed by atoms with Gasteiger partial charge in [0.05, 0.1) is 11.4 Å². The summed E-state index contributed by atoms with van der Waals surface area (Å²) in [6.07, 6.45) is 0. The van der Waals surface area contributed by atoms with Crippen molar-refractivity contribution >= 4 is 38.6 Å². The van der Waals surface area contributed by atoms with E-state index >= 15 is 0 Å². The number of para-hydroxylation sites is 2. The number of hydrogen-bond donors (Lipinski definition) is 0. The summed E-state index contributed by atoms with van der Waals surface area (Å²) >= 11 is 0. The molecule has 0 fully saturated rings. The van der Waals surface area contributed by atoms with Gasteiger partial charge in [0.25, 0.3) is 0 Å². The first kappa shape index (κ1) is 37.7. The Bertz CT molecular complexity index is 3280. The molecule has 0 bridgehead atoms. The zero-order valence-corrected chi connectivity index (χ0v) is 34.8. The number of fused-ring (bicyclic) bond motifs is 3. The van der Waals surface area contributed by atoms with Gasteiger partial charge in [-0.05, 0) is 95.9 Å². The van der Waals surface area contributed by atoms with Crippen molar-refractivity contribution in [1.29, 1.82) is 0 Å². The number of anilines is 3. The topological polar surface area (TPSA) is 3.24 Å². The molecule has 0 heterocycles. The Kier molecular flexibility index (Phi) is 9.97. The van der Waals surface area contributed by atoms with E-state index in [0.717, 1.165) is 50.4 Å². The monoisotopic (exact) mass is 801 g/mol. The lowest BCUT2D eigenvalue weighted by Gasteiger charge is -2.32. The third kappa shape index (κ3) is 7.06. The molecule has 11 aromatic carbocycles. The third-order valence-corrected chi connectivity index (χ3v) is 12.3. The quantitative estimate of drug-likeness (QED) is 0.131.